The summed E-state index contributed by atoms with van der Waals surface area (Å²) in [7, 11) is 0. The number of aryl methyl sites for hydroxylation is 1. The van der Waals surface area contributed by atoms with E-state index < -0.39 is 41.9 Å². The highest BCUT2D eigenvalue weighted by Gasteiger charge is 2.29. The van der Waals surface area contributed by atoms with Crippen LogP contribution in [-0.4, -0.2) is 171 Å². The number of nitrogens with one attached hydrogen (secondary N) is 7. The minimum Gasteiger partial charge on any atom is -0.490 e. The number of benzene rings is 3. The lowest BCUT2D eigenvalue weighted by Crippen LogP contribution is -2.54. The van der Waals surface area contributed by atoms with E-state index in [4.69, 9.17) is 48.9 Å². The number of alkyl carbamates (subject to hydrolysis) is 1. The van der Waals surface area contributed by atoms with Crippen LogP contribution in [0.4, 0.5) is 25.4 Å². The summed E-state index contributed by atoms with van der Waals surface area (Å²) < 4.78 is 52.7. The number of fused-ring (bicyclic) bond motifs is 1. The van der Waals surface area contributed by atoms with E-state index in [9.17, 15) is 38.0 Å². The number of carbonyl (C=O) groups is 7. The summed E-state index contributed by atoms with van der Waals surface area (Å²) in [6.45, 7) is 8.75. The third kappa shape index (κ3) is 22.9. The highest BCUT2D eigenvalue weighted by atomic mass is 19.1. The number of amides is 8. The number of pyridine rings is 2. The molecule has 90 heavy (non-hydrogen) atoms. The second-order valence-electron chi connectivity index (χ2n) is 20.8. The molecule has 0 saturated carbocycles. The molecule has 26 nitrogen and oxygen atoms in total. The number of ether oxygens (including phenoxy) is 7. The number of hydrogen-bond donors (Lipinski definition) is 8. The summed E-state index contributed by atoms with van der Waals surface area (Å²) in [5, 5.41) is 17.5. The van der Waals surface area contributed by atoms with Crippen molar-refractivity contribution in [2.24, 2.45) is 11.7 Å². The fraction of sp³-hybridized carbons (Fsp3) is 0.397. The Bertz CT molecular complexity index is 3370. The topological polar surface area (TPSA) is 340 Å². The molecule has 7 rings (SSSR count). The Kier molecular flexibility index (Phi) is 27.4. The third-order valence-electron chi connectivity index (χ3n) is 13.5. The molecule has 0 saturated heterocycles. The molecule has 9 N–H and O–H groups in total. The van der Waals surface area contributed by atoms with Crippen LogP contribution in [0, 0.1) is 18.7 Å². The fourth-order valence-corrected chi connectivity index (χ4v) is 8.93. The van der Waals surface area contributed by atoms with Crippen molar-refractivity contribution >= 4 is 63.9 Å². The number of urea groups is 1. The second-order valence-corrected chi connectivity index (χ2v) is 20.8. The maximum absolute atomic E-state index is 13.9. The van der Waals surface area contributed by atoms with Crippen molar-refractivity contribution in [3.63, 3.8) is 0 Å². The van der Waals surface area contributed by atoms with Crippen molar-refractivity contribution in [2.45, 2.75) is 65.3 Å². The van der Waals surface area contributed by atoms with Gasteiger partial charge in [-0.25, -0.2) is 19.0 Å². The standard InChI is InChI=1S/C63H77FN12O14/c1-41(2)57(75-54(77)20-24-84-27-29-87-31-32-88-30-28-86-26-23-76-55(78)18-19-56(76)79)61(81)72-52(11-6-21-66-62(65)82)60(80)71-47-15-12-43(13-16-47)40-90-63(83)67-22-25-85-33-34-89-49-36-45-35-44(14-17-50(45)69-38-49)58-59(51-10-4-7-42(3)70-51)74-53(73-58)39-68-48-9-5-8-46(64)37-48/h4-5,7-10,12-19,35-38,41,52,57,68H,6,11,20-34,39-40H2,1-3H3,(H,67,83)(H,71,80)(H,72,81)(H,73,74)(H,75,77)(H3,65,66,82). The van der Waals surface area contributed by atoms with Gasteiger partial charge >= 0.3 is 12.1 Å². The maximum Gasteiger partial charge on any atom is 0.407 e. The van der Waals surface area contributed by atoms with Crippen LogP contribution in [-0.2, 0) is 65.5 Å². The molecule has 27 heteroatoms. The molecule has 2 unspecified atom stereocenters. The lowest BCUT2D eigenvalue weighted by molar-refractivity contribution is -0.137. The molecule has 480 valence electrons. The first-order chi connectivity index (χ1) is 43.6. The normalized spacial score (nSPS) is 12.7. The Morgan fingerprint density at radius 2 is 1.41 bits per heavy atom. The first-order valence-electron chi connectivity index (χ1n) is 29.5. The van der Waals surface area contributed by atoms with Crippen LogP contribution < -0.4 is 42.4 Å². The molecule has 1 aliphatic heterocycles. The predicted molar refractivity (Wildman–Crippen MR) is 330 cm³/mol. The molecule has 3 aromatic heterocycles. The maximum atomic E-state index is 13.9. The predicted octanol–water partition coefficient (Wildman–Crippen LogP) is 5.46. The monoisotopic (exact) mass is 1240 g/mol. The Morgan fingerprint density at radius 3 is 2.12 bits per heavy atom. The summed E-state index contributed by atoms with van der Waals surface area (Å²) in [5.74, 6) is -1.80. The van der Waals surface area contributed by atoms with E-state index in [1.807, 2.05) is 49.4 Å². The quantitative estimate of drug-likeness (QED) is 0.0175. The number of nitrogens with two attached hydrogens (primary N) is 1. The lowest BCUT2D eigenvalue weighted by atomic mass is 10.0. The van der Waals surface area contributed by atoms with Crippen molar-refractivity contribution in [3.05, 3.63) is 132 Å². The Hall–Kier alpha value is -9.41. The van der Waals surface area contributed by atoms with Crippen LogP contribution in [0.3, 0.4) is 0 Å². The zero-order chi connectivity index (χ0) is 64.0. The number of nitrogens with zero attached hydrogens (tertiary/aromatic N) is 4. The molecule has 3 aromatic carbocycles. The molecule has 1 aliphatic rings. The van der Waals surface area contributed by atoms with Gasteiger partial charge in [0.15, 0.2) is 0 Å². The third-order valence-corrected chi connectivity index (χ3v) is 13.5. The number of H-pyrrole nitrogens is 1. The summed E-state index contributed by atoms with van der Waals surface area (Å²) in [5.41, 5.74) is 11.5. The van der Waals surface area contributed by atoms with E-state index >= 15 is 0 Å². The largest absolute Gasteiger partial charge is 0.490 e. The van der Waals surface area contributed by atoms with Gasteiger partial charge in [-0.1, -0.05) is 44.2 Å². The van der Waals surface area contributed by atoms with Crippen LogP contribution >= 0.6 is 0 Å². The highest BCUT2D eigenvalue weighted by molar-refractivity contribution is 6.12. The summed E-state index contributed by atoms with van der Waals surface area (Å²) in [4.78, 5) is 106. The van der Waals surface area contributed by atoms with Crippen molar-refractivity contribution in [2.75, 3.05) is 103 Å². The number of aromatic amines is 1. The minimum atomic E-state index is -1.07. The molecule has 4 heterocycles. The fourth-order valence-electron chi connectivity index (χ4n) is 8.93. The van der Waals surface area contributed by atoms with Gasteiger partial charge in [0, 0.05) is 59.7 Å². The van der Waals surface area contributed by atoms with Crippen LogP contribution in [0.15, 0.2) is 109 Å². The van der Waals surface area contributed by atoms with E-state index in [2.05, 4.69) is 41.9 Å². The SMILES string of the molecule is Cc1cccc(-c2nc(CNc3cccc(F)c3)[nH]c2-c2ccc3ncc(OCCOCCNC(=O)OCc4ccc(NC(=O)C(CCCNC(N)=O)NC(=O)C(NC(=O)CCOCCOCCOCCOCCN5C(=O)C=CC5=O)C(C)C)cc4)cc3c2)n1. The Labute approximate surface area is 519 Å². The van der Waals surface area contributed by atoms with E-state index in [-0.39, 0.29) is 122 Å². The van der Waals surface area contributed by atoms with Gasteiger partial charge in [0.2, 0.25) is 17.7 Å². The molecule has 8 amide bonds. The summed E-state index contributed by atoms with van der Waals surface area (Å²) in [6, 6.07) is 23.5. The average molecular weight is 1250 g/mol. The summed E-state index contributed by atoms with van der Waals surface area (Å²) >= 11 is 0. The minimum absolute atomic E-state index is 0.0391. The number of aromatic nitrogens is 4. The van der Waals surface area contributed by atoms with Gasteiger partial charge in [-0.05, 0) is 91.9 Å². The van der Waals surface area contributed by atoms with Crippen molar-refractivity contribution < 1.29 is 71.1 Å². The second kappa shape index (κ2) is 36.2. The number of primary amides is 1. The molecular formula is C63H77FN12O14. The molecule has 0 bridgehead atoms. The number of anilines is 2. The van der Waals surface area contributed by atoms with E-state index in [0.29, 0.717) is 66.3 Å². The highest BCUT2D eigenvalue weighted by Crippen LogP contribution is 2.32. The molecular weight excluding hydrogens is 1170 g/mol. The lowest BCUT2D eigenvalue weighted by Gasteiger charge is -2.25. The van der Waals surface area contributed by atoms with Gasteiger partial charge in [-0.15, -0.1) is 0 Å². The van der Waals surface area contributed by atoms with Gasteiger partial charge in [0.25, 0.3) is 11.8 Å². The van der Waals surface area contributed by atoms with E-state index in [1.54, 1.807) is 56.4 Å². The molecule has 6 aromatic rings. The Balaban J connectivity index is 0.769. The number of imidazole rings is 1. The number of carbonyl (C=O) groups excluding carboxylic acids is 7. The van der Waals surface area contributed by atoms with Crippen LogP contribution in [0.25, 0.3) is 33.5 Å². The molecule has 0 aliphatic carbocycles. The van der Waals surface area contributed by atoms with Crippen LogP contribution in [0.5, 0.6) is 5.75 Å². The van der Waals surface area contributed by atoms with Gasteiger partial charge in [0.05, 0.1) is 102 Å². The molecule has 0 radical (unpaired) electrons. The van der Waals surface area contributed by atoms with Gasteiger partial charge in [0.1, 0.15) is 48.4 Å². The Morgan fingerprint density at radius 1 is 0.711 bits per heavy atom. The smallest absolute Gasteiger partial charge is 0.407 e. The first-order valence-corrected chi connectivity index (χ1v) is 29.5. The molecule has 2 atom stereocenters. The van der Waals surface area contributed by atoms with Gasteiger partial charge < -0.3 is 75.8 Å². The number of halogens is 1. The van der Waals surface area contributed by atoms with Gasteiger partial charge in [-0.3, -0.25) is 38.8 Å². The van der Waals surface area contributed by atoms with E-state index in [1.165, 1.54) is 24.3 Å². The van der Waals surface area contributed by atoms with Crippen molar-refractivity contribution in [1.82, 2.24) is 46.1 Å². The van der Waals surface area contributed by atoms with Crippen LogP contribution in [0.1, 0.15) is 50.2 Å². The number of imide groups is 1. The molecule has 0 fully saturated rings. The van der Waals surface area contributed by atoms with E-state index in [0.717, 1.165) is 32.8 Å². The number of rotatable bonds is 39. The first kappa shape index (κ1) is 68.1. The average Bonchev–Trinajstić information content (AvgIpc) is 2.13. The van der Waals surface area contributed by atoms with Crippen molar-refractivity contribution in [1.29, 1.82) is 0 Å². The zero-order valence-corrected chi connectivity index (χ0v) is 50.5. The zero-order valence-electron chi connectivity index (χ0n) is 50.5. The van der Waals surface area contributed by atoms with Gasteiger partial charge in [-0.2, -0.15) is 0 Å². The summed E-state index contributed by atoms with van der Waals surface area (Å²) in [6.07, 6.45) is 3.78. The molecule has 0 spiro atoms. The van der Waals surface area contributed by atoms with Crippen LogP contribution in [0.2, 0.25) is 0 Å². The van der Waals surface area contributed by atoms with Crippen molar-refractivity contribution in [3.8, 4) is 28.4 Å². The number of hydrogen-bond acceptors (Lipinski definition) is 18.